The first-order chi connectivity index (χ1) is 14.2. The molecule has 1 aliphatic heterocycles. The van der Waals surface area contributed by atoms with Crippen LogP contribution in [-0.4, -0.2) is 50.3 Å². The first-order valence-corrected chi connectivity index (χ1v) is 9.94. The van der Waals surface area contributed by atoms with Crippen molar-refractivity contribution in [2.45, 2.75) is 6.54 Å². The molecule has 3 aromatic rings. The lowest BCUT2D eigenvalue weighted by Crippen LogP contribution is -2.47. The number of para-hydroxylation sites is 2. The summed E-state index contributed by atoms with van der Waals surface area (Å²) in [7, 11) is 3.79. The zero-order chi connectivity index (χ0) is 20.1. The molecular formula is C23H27N5O. The van der Waals surface area contributed by atoms with Gasteiger partial charge in [0, 0.05) is 45.8 Å². The van der Waals surface area contributed by atoms with E-state index in [0.717, 1.165) is 55.8 Å². The van der Waals surface area contributed by atoms with Gasteiger partial charge in [0.1, 0.15) is 23.7 Å². The Kier molecular flexibility index (Phi) is 5.79. The average molecular weight is 390 g/mol. The van der Waals surface area contributed by atoms with Crippen LogP contribution in [0.4, 0.5) is 17.3 Å². The summed E-state index contributed by atoms with van der Waals surface area (Å²) < 4.78 is 5.52. The lowest BCUT2D eigenvalue weighted by molar-refractivity contribution is 0.413. The summed E-state index contributed by atoms with van der Waals surface area (Å²) in [6.07, 6.45) is 1.67. The van der Waals surface area contributed by atoms with Crippen LogP contribution in [0.5, 0.6) is 5.75 Å². The van der Waals surface area contributed by atoms with Crippen molar-refractivity contribution in [3.8, 4) is 5.75 Å². The molecule has 0 radical (unpaired) electrons. The van der Waals surface area contributed by atoms with Gasteiger partial charge < -0.3 is 19.4 Å². The van der Waals surface area contributed by atoms with Gasteiger partial charge in [-0.25, -0.2) is 9.97 Å². The molecule has 2 heterocycles. The van der Waals surface area contributed by atoms with Gasteiger partial charge in [0.15, 0.2) is 0 Å². The predicted octanol–water partition coefficient (Wildman–Crippen LogP) is 3.45. The highest BCUT2D eigenvalue weighted by molar-refractivity contribution is 5.60. The van der Waals surface area contributed by atoms with Gasteiger partial charge in [-0.05, 0) is 17.7 Å². The quantitative estimate of drug-likeness (QED) is 0.643. The minimum Gasteiger partial charge on any atom is -0.495 e. The normalized spacial score (nSPS) is 14.0. The van der Waals surface area contributed by atoms with E-state index in [4.69, 9.17) is 4.74 Å². The lowest BCUT2D eigenvalue weighted by Gasteiger charge is -2.37. The van der Waals surface area contributed by atoms with Crippen LogP contribution in [0.25, 0.3) is 0 Å². The van der Waals surface area contributed by atoms with Gasteiger partial charge in [0.05, 0.1) is 12.8 Å². The Morgan fingerprint density at radius 3 is 2.34 bits per heavy atom. The standard InChI is InChI=1S/C23H27N5O/c1-26(17-19-8-4-3-5-9-19)22-16-23(25-18-24-22)28-14-12-27(13-15-28)20-10-6-7-11-21(20)29-2/h3-11,16,18H,12-15,17H2,1-2H3. The Labute approximate surface area is 172 Å². The van der Waals surface area contributed by atoms with E-state index in [-0.39, 0.29) is 0 Å². The maximum Gasteiger partial charge on any atom is 0.142 e. The topological polar surface area (TPSA) is 44.7 Å². The van der Waals surface area contributed by atoms with E-state index in [0.29, 0.717) is 0 Å². The monoisotopic (exact) mass is 389 g/mol. The molecule has 0 amide bonds. The molecule has 29 heavy (non-hydrogen) atoms. The largest absolute Gasteiger partial charge is 0.495 e. The van der Waals surface area contributed by atoms with Crippen LogP contribution in [0, 0.1) is 0 Å². The molecule has 0 aliphatic carbocycles. The van der Waals surface area contributed by atoms with E-state index >= 15 is 0 Å². The summed E-state index contributed by atoms with van der Waals surface area (Å²) in [4.78, 5) is 15.9. The van der Waals surface area contributed by atoms with Crippen LogP contribution in [-0.2, 0) is 6.54 Å². The molecule has 0 bridgehead atoms. The molecule has 0 unspecified atom stereocenters. The van der Waals surface area contributed by atoms with Gasteiger partial charge in [-0.2, -0.15) is 0 Å². The van der Waals surface area contributed by atoms with Gasteiger partial charge in [0.25, 0.3) is 0 Å². The molecule has 0 saturated carbocycles. The van der Waals surface area contributed by atoms with Crippen molar-refractivity contribution in [2.24, 2.45) is 0 Å². The summed E-state index contributed by atoms with van der Waals surface area (Å²) in [5.74, 6) is 2.84. The van der Waals surface area contributed by atoms with Crippen LogP contribution in [0.1, 0.15) is 5.56 Å². The van der Waals surface area contributed by atoms with Crippen molar-refractivity contribution in [2.75, 3.05) is 55.0 Å². The number of rotatable bonds is 6. The number of nitrogens with zero attached hydrogens (tertiary/aromatic N) is 5. The molecule has 0 spiro atoms. The van der Waals surface area contributed by atoms with Crippen LogP contribution >= 0.6 is 0 Å². The smallest absolute Gasteiger partial charge is 0.142 e. The summed E-state index contributed by atoms with van der Waals surface area (Å²) >= 11 is 0. The molecule has 2 aromatic carbocycles. The molecule has 0 N–H and O–H groups in total. The van der Waals surface area contributed by atoms with Gasteiger partial charge in [-0.1, -0.05) is 42.5 Å². The zero-order valence-electron chi connectivity index (χ0n) is 17.0. The highest BCUT2D eigenvalue weighted by Gasteiger charge is 2.21. The Bertz CT molecular complexity index is 925. The van der Waals surface area contributed by atoms with Gasteiger partial charge in [-0.3, -0.25) is 0 Å². The number of hydrogen-bond acceptors (Lipinski definition) is 6. The molecule has 1 aliphatic rings. The van der Waals surface area contributed by atoms with Crippen LogP contribution in [0.3, 0.4) is 0 Å². The third-order valence-electron chi connectivity index (χ3n) is 5.32. The van der Waals surface area contributed by atoms with Crippen LogP contribution in [0.2, 0.25) is 0 Å². The SMILES string of the molecule is COc1ccccc1N1CCN(c2cc(N(C)Cc3ccccc3)ncn2)CC1. The highest BCUT2D eigenvalue weighted by atomic mass is 16.5. The fourth-order valence-corrected chi connectivity index (χ4v) is 3.72. The van der Waals surface area contributed by atoms with Crippen molar-refractivity contribution < 1.29 is 4.74 Å². The number of aromatic nitrogens is 2. The third kappa shape index (κ3) is 4.42. The highest BCUT2D eigenvalue weighted by Crippen LogP contribution is 2.29. The molecule has 1 saturated heterocycles. The third-order valence-corrected chi connectivity index (χ3v) is 5.32. The number of hydrogen-bond donors (Lipinski definition) is 0. The maximum atomic E-state index is 5.52. The maximum absolute atomic E-state index is 5.52. The van der Waals surface area contributed by atoms with Crippen molar-refractivity contribution in [3.63, 3.8) is 0 Å². The number of methoxy groups -OCH3 is 1. The zero-order valence-corrected chi connectivity index (χ0v) is 17.0. The number of benzene rings is 2. The molecule has 150 valence electrons. The van der Waals surface area contributed by atoms with Crippen molar-refractivity contribution >= 4 is 17.3 Å². The number of piperazine rings is 1. The molecule has 1 fully saturated rings. The second-order valence-corrected chi connectivity index (χ2v) is 7.22. The van der Waals surface area contributed by atoms with E-state index in [1.807, 2.05) is 18.2 Å². The van der Waals surface area contributed by atoms with E-state index in [1.165, 1.54) is 5.56 Å². The fourth-order valence-electron chi connectivity index (χ4n) is 3.72. The Balaban J connectivity index is 1.42. The summed E-state index contributed by atoms with van der Waals surface area (Å²) in [6, 6.07) is 20.7. The van der Waals surface area contributed by atoms with E-state index in [9.17, 15) is 0 Å². The minimum atomic E-state index is 0.818. The molecule has 0 atom stereocenters. The first kappa shape index (κ1) is 19.1. The average Bonchev–Trinajstić information content (AvgIpc) is 2.80. The van der Waals surface area contributed by atoms with Gasteiger partial charge >= 0.3 is 0 Å². The Morgan fingerprint density at radius 2 is 1.59 bits per heavy atom. The summed E-state index contributed by atoms with van der Waals surface area (Å²) in [5, 5.41) is 0. The van der Waals surface area contributed by atoms with Crippen molar-refractivity contribution in [1.29, 1.82) is 0 Å². The molecule has 6 heteroatoms. The van der Waals surface area contributed by atoms with E-state index < -0.39 is 0 Å². The van der Waals surface area contributed by atoms with Gasteiger partial charge in [0.2, 0.25) is 0 Å². The molecule has 4 rings (SSSR count). The minimum absolute atomic E-state index is 0.818. The first-order valence-electron chi connectivity index (χ1n) is 9.94. The Hall–Kier alpha value is -3.28. The molecule has 6 nitrogen and oxygen atoms in total. The second kappa shape index (κ2) is 8.82. The van der Waals surface area contributed by atoms with Gasteiger partial charge in [-0.15, -0.1) is 0 Å². The second-order valence-electron chi connectivity index (χ2n) is 7.22. The van der Waals surface area contributed by atoms with E-state index in [2.05, 4.69) is 74.2 Å². The lowest BCUT2D eigenvalue weighted by atomic mass is 10.2. The van der Waals surface area contributed by atoms with E-state index in [1.54, 1.807) is 13.4 Å². The Morgan fingerprint density at radius 1 is 0.897 bits per heavy atom. The number of anilines is 3. The summed E-state index contributed by atoms with van der Waals surface area (Å²) in [6.45, 7) is 4.51. The number of ether oxygens (including phenoxy) is 1. The van der Waals surface area contributed by atoms with Crippen LogP contribution < -0.4 is 19.4 Å². The summed E-state index contributed by atoms with van der Waals surface area (Å²) in [5.41, 5.74) is 2.42. The van der Waals surface area contributed by atoms with Crippen LogP contribution in [0.15, 0.2) is 67.0 Å². The van der Waals surface area contributed by atoms with Crippen molar-refractivity contribution in [1.82, 2.24) is 9.97 Å². The molecular weight excluding hydrogens is 362 g/mol. The predicted molar refractivity (Wildman–Crippen MR) is 118 cm³/mol. The van der Waals surface area contributed by atoms with Crippen molar-refractivity contribution in [3.05, 3.63) is 72.6 Å². The fraction of sp³-hybridized carbons (Fsp3) is 0.304. The molecule has 1 aromatic heterocycles.